The van der Waals surface area contributed by atoms with Gasteiger partial charge in [-0.1, -0.05) is 28.9 Å². The predicted molar refractivity (Wildman–Crippen MR) is 69.4 cm³/mol. The van der Waals surface area contributed by atoms with E-state index in [9.17, 15) is 4.39 Å². The van der Waals surface area contributed by atoms with E-state index in [1.807, 2.05) is 12.1 Å². The summed E-state index contributed by atoms with van der Waals surface area (Å²) in [5.74, 6) is -0.117. The van der Waals surface area contributed by atoms with Gasteiger partial charge in [0, 0.05) is 9.85 Å². The summed E-state index contributed by atoms with van der Waals surface area (Å²) < 4.78 is 14.5. The fourth-order valence-corrected chi connectivity index (χ4v) is 3.34. The van der Waals surface area contributed by atoms with Crippen molar-refractivity contribution in [2.45, 2.75) is 38.0 Å². The number of hydrogen-bond donors (Lipinski definition) is 0. The van der Waals surface area contributed by atoms with Gasteiger partial charge in [0.15, 0.2) is 0 Å². The Morgan fingerprint density at radius 2 is 2.31 bits per heavy atom. The lowest BCUT2D eigenvalue weighted by Crippen LogP contribution is -2.16. The number of rotatable bonds is 2. The van der Waals surface area contributed by atoms with Crippen LogP contribution in [0, 0.1) is 11.2 Å². The van der Waals surface area contributed by atoms with Gasteiger partial charge in [0.2, 0.25) is 0 Å². The zero-order valence-corrected chi connectivity index (χ0v) is 11.6. The van der Waals surface area contributed by atoms with E-state index in [1.54, 1.807) is 0 Å². The second kappa shape index (κ2) is 4.66. The van der Waals surface area contributed by atoms with Crippen molar-refractivity contribution in [1.29, 1.82) is 0 Å². The van der Waals surface area contributed by atoms with Crippen molar-refractivity contribution >= 4 is 27.5 Å². The van der Waals surface area contributed by atoms with Gasteiger partial charge in [-0.2, -0.15) is 0 Å². The molecule has 1 aromatic carbocycles. The summed E-state index contributed by atoms with van der Waals surface area (Å²) in [7, 11) is 0. The van der Waals surface area contributed by atoms with Crippen LogP contribution in [0.5, 0.6) is 0 Å². The zero-order valence-electron chi connectivity index (χ0n) is 9.27. The van der Waals surface area contributed by atoms with Crippen LogP contribution < -0.4 is 0 Å². The molecule has 1 saturated carbocycles. The number of hydrogen-bond acceptors (Lipinski definition) is 0. The molecule has 2 atom stereocenters. The molecule has 1 fully saturated rings. The third-order valence-electron chi connectivity index (χ3n) is 3.41. The van der Waals surface area contributed by atoms with Crippen LogP contribution in [-0.4, -0.2) is 5.38 Å². The fraction of sp³-hybridized carbons (Fsp3) is 0.538. The molecule has 0 N–H and O–H groups in total. The van der Waals surface area contributed by atoms with Crippen molar-refractivity contribution in [1.82, 2.24) is 0 Å². The Balaban J connectivity index is 2.14. The summed E-state index contributed by atoms with van der Waals surface area (Å²) in [6.07, 6.45) is 3.92. The van der Waals surface area contributed by atoms with Crippen molar-refractivity contribution in [3.05, 3.63) is 34.1 Å². The number of benzene rings is 1. The molecule has 0 amide bonds. The molecule has 16 heavy (non-hydrogen) atoms. The lowest BCUT2D eigenvalue weighted by atomic mass is 9.82. The normalized spacial score (nSPS) is 29.6. The topological polar surface area (TPSA) is 0 Å². The van der Waals surface area contributed by atoms with E-state index in [-0.39, 0.29) is 16.6 Å². The Hall–Kier alpha value is -0.0800. The number of halogens is 3. The molecule has 1 aromatic rings. The van der Waals surface area contributed by atoms with E-state index in [2.05, 4.69) is 22.9 Å². The highest BCUT2D eigenvalue weighted by Gasteiger charge is 2.34. The average molecular weight is 306 g/mol. The second-order valence-corrected chi connectivity index (χ2v) is 6.60. The van der Waals surface area contributed by atoms with Crippen LogP contribution in [0.2, 0.25) is 0 Å². The van der Waals surface area contributed by atoms with Crippen LogP contribution in [0.1, 0.15) is 31.7 Å². The maximum absolute atomic E-state index is 13.7. The quantitative estimate of drug-likeness (QED) is 0.680. The van der Waals surface area contributed by atoms with E-state index in [4.69, 9.17) is 11.6 Å². The largest absolute Gasteiger partial charge is 0.207 e. The monoisotopic (exact) mass is 304 g/mol. The highest BCUT2D eigenvalue weighted by atomic mass is 79.9. The number of alkyl halides is 1. The maximum Gasteiger partial charge on any atom is 0.127 e. The van der Waals surface area contributed by atoms with Crippen LogP contribution in [0.3, 0.4) is 0 Å². The first kappa shape index (κ1) is 12.4. The van der Waals surface area contributed by atoms with Crippen LogP contribution in [0.4, 0.5) is 4.39 Å². The van der Waals surface area contributed by atoms with E-state index < -0.39 is 0 Å². The van der Waals surface area contributed by atoms with Crippen molar-refractivity contribution in [3.63, 3.8) is 0 Å². The molecule has 1 aliphatic carbocycles. The van der Waals surface area contributed by atoms with Crippen LogP contribution in [0.15, 0.2) is 22.7 Å². The minimum atomic E-state index is -0.117. The van der Waals surface area contributed by atoms with Gasteiger partial charge in [0.05, 0.1) is 0 Å². The van der Waals surface area contributed by atoms with Crippen LogP contribution in [-0.2, 0) is 6.42 Å². The van der Waals surface area contributed by atoms with Gasteiger partial charge in [-0.25, -0.2) is 4.39 Å². The van der Waals surface area contributed by atoms with Gasteiger partial charge < -0.3 is 0 Å². The molecule has 0 bridgehead atoms. The Kier molecular flexibility index (Phi) is 3.60. The highest BCUT2D eigenvalue weighted by molar-refractivity contribution is 9.10. The molecule has 88 valence electrons. The Labute approximate surface area is 109 Å². The molecule has 2 unspecified atom stereocenters. The Bertz CT molecular complexity index is 394. The molecular weight excluding hydrogens is 290 g/mol. The van der Waals surface area contributed by atoms with E-state index in [1.165, 1.54) is 6.07 Å². The fourth-order valence-electron chi connectivity index (χ4n) is 2.53. The SMILES string of the molecule is CC1(Cc2ccc(Br)cc2F)CCC(Cl)C1. The molecule has 0 saturated heterocycles. The molecule has 0 radical (unpaired) electrons. The van der Waals surface area contributed by atoms with Crippen molar-refractivity contribution in [2.24, 2.45) is 5.41 Å². The lowest BCUT2D eigenvalue weighted by molar-refractivity contribution is 0.330. The minimum absolute atomic E-state index is 0.117. The summed E-state index contributed by atoms with van der Waals surface area (Å²) in [6, 6.07) is 5.30. The summed E-state index contributed by atoms with van der Waals surface area (Å²) in [6.45, 7) is 2.21. The summed E-state index contributed by atoms with van der Waals surface area (Å²) in [5, 5.41) is 0.267. The van der Waals surface area contributed by atoms with Gasteiger partial charge in [0.25, 0.3) is 0 Å². The molecule has 3 heteroatoms. The standard InChI is InChI=1S/C13H15BrClF/c1-13(5-4-11(15)8-13)7-9-2-3-10(14)6-12(9)16/h2-3,6,11H,4-5,7-8H2,1H3. The molecule has 0 spiro atoms. The second-order valence-electron chi connectivity index (χ2n) is 5.06. The van der Waals surface area contributed by atoms with E-state index in [0.29, 0.717) is 0 Å². The van der Waals surface area contributed by atoms with E-state index in [0.717, 1.165) is 35.7 Å². The smallest absolute Gasteiger partial charge is 0.127 e. The maximum atomic E-state index is 13.7. The molecule has 1 aliphatic rings. The van der Waals surface area contributed by atoms with Gasteiger partial charge in [-0.05, 0) is 48.8 Å². The van der Waals surface area contributed by atoms with Crippen molar-refractivity contribution in [3.8, 4) is 0 Å². The summed E-state index contributed by atoms with van der Waals surface area (Å²) in [5.41, 5.74) is 0.970. The van der Waals surface area contributed by atoms with Gasteiger partial charge >= 0.3 is 0 Å². The molecule has 0 heterocycles. The molecule has 0 nitrogen and oxygen atoms in total. The van der Waals surface area contributed by atoms with Crippen molar-refractivity contribution in [2.75, 3.05) is 0 Å². The van der Waals surface area contributed by atoms with Crippen molar-refractivity contribution < 1.29 is 4.39 Å². The van der Waals surface area contributed by atoms with Crippen LogP contribution in [0.25, 0.3) is 0 Å². The molecule has 0 aliphatic heterocycles. The first-order chi connectivity index (χ1) is 7.48. The molecule has 0 aromatic heterocycles. The minimum Gasteiger partial charge on any atom is -0.207 e. The third-order valence-corrected chi connectivity index (χ3v) is 4.27. The van der Waals surface area contributed by atoms with Gasteiger partial charge in [-0.3, -0.25) is 0 Å². The molecule has 2 rings (SSSR count). The Morgan fingerprint density at radius 1 is 1.56 bits per heavy atom. The predicted octanol–water partition coefficient (Wildman–Crippen LogP) is 4.93. The average Bonchev–Trinajstić information content (AvgIpc) is 2.52. The zero-order chi connectivity index (χ0) is 11.8. The van der Waals surface area contributed by atoms with Gasteiger partial charge in [-0.15, -0.1) is 11.6 Å². The highest BCUT2D eigenvalue weighted by Crippen LogP contribution is 2.43. The first-order valence-corrected chi connectivity index (χ1v) is 6.79. The summed E-state index contributed by atoms with van der Waals surface area (Å²) in [4.78, 5) is 0. The van der Waals surface area contributed by atoms with Gasteiger partial charge in [0.1, 0.15) is 5.82 Å². The van der Waals surface area contributed by atoms with Crippen LogP contribution >= 0.6 is 27.5 Å². The Morgan fingerprint density at radius 3 is 2.88 bits per heavy atom. The van der Waals surface area contributed by atoms with E-state index >= 15 is 0 Å². The first-order valence-electron chi connectivity index (χ1n) is 5.56. The third kappa shape index (κ3) is 2.78. The lowest BCUT2D eigenvalue weighted by Gasteiger charge is -2.23. The summed E-state index contributed by atoms with van der Waals surface area (Å²) >= 11 is 9.40. The molecular formula is C13H15BrClF.